The molecule has 1 amide bonds. The number of aromatic nitrogens is 1. The number of nitro benzene ring substituents is 1. The Labute approximate surface area is 190 Å². The molecule has 31 heavy (non-hydrogen) atoms. The summed E-state index contributed by atoms with van der Waals surface area (Å²) in [7, 11) is 0. The number of rotatable bonds is 4. The van der Waals surface area contributed by atoms with Gasteiger partial charge in [0.1, 0.15) is 5.01 Å². The van der Waals surface area contributed by atoms with Crippen LogP contribution in [0.25, 0.3) is 20.8 Å². The first-order chi connectivity index (χ1) is 14.9. The number of hydrogen-bond donors (Lipinski definition) is 2. The molecule has 0 spiro atoms. The van der Waals surface area contributed by atoms with Crippen LogP contribution in [0, 0.1) is 10.1 Å². The molecule has 0 aliphatic carbocycles. The smallest absolute Gasteiger partial charge is 0.269 e. The maximum absolute atomic E-state index is 12.3. The number of fused-ring (bicyclic) bond motifs is 1. The van der Waals surface area contributed by atoms with E-state index < -0.39 is 10.8 Å². The zero-order valence-electron chi connectivity index (χ0n) is 15.7. The number of hydrogen-bond acceptors (Lipinski definition) is 6. The van der Waals surface area contributed by atoms with Crippen LogP contribution in [0.4, 0.5) is 11.4 Å². The predicted molar refractivity (Wildman–Crippen MR) is 127 cm³/mol. The van der Waals surface area contributed by atoms with Crippen molar-refractivity contribution in [2.75, 3.05) is 5.32 Å². The lowest BCUT2D eigenvalue weighted by Gasteiger charge is -2.12. The number of amides is 1. The number of thiazole rings is 1. The van der Waals surface area contributed by atoms with Crippen LogP contribution in [0.15, 0.2) is 66.7 Å². The number of anilines is 1. The minimum atomic E-state index is -0.533. The molecule has 3 aromatic carbocycles. The zero-order valence-corrected chi connectivity index (χ0v) is 18.1. The van der Waals surface area contributed by atoms with Crippen molar-refractivity contribution in [2.24, 2.45) is 0 Å². The lowest BCUT2D eigenvalue weighted by Crippen LogP contribution is -2.34. The van der Waals surface area contributed by atoms with E-state index in [0.29, 0.717) is 10.7 Å². The predicted octanol–water partition coefficient (Wildman–Crippen LogP) is 5.65. The van der Waals surface area contributed by atoms with Crippen LogP contribution in [0.5, 0.6) is 0 Å². The largest absolute Gasteiger partial charge is 0.331 e. The van der Waals surface area contributed by atoms with Gasteiger partial charge in [0, 0.05) is 23.3 Å². The van der Waals surface area contributed by atoms with Crippen LogP contribution in [-0.2, 0) is 0 Å². The van der Waals surface area contributed by atoms with Gasteiger partial charge in [-0.15, -0.1) is 11.3 Å². The standard InChI is InChI=1S/C21H13ClN4O3S2/c22-15-10-7-13(20-23-16-3-1-2-4-18(16)31-20)11-17(15)24-21(30)25-19(27)12-5-8-14(9-6-12)26(28)29/h1-11H,(H2,24,25,27,30). The first kappa shape index (κ1) is 20.9. The van der Waals surface area contributed by atoms with Gasteiger partial charge in [0.15, 0.2) is 5.11 Å². The molecule has 0 aliphatic rings. The third-order valence-corrected chi connectivity index (χ3v) is 5.94. The molecule has 10 heteroatoms. The normalized spacial score (nSPS) is 10.6. The van der Waals surface area contributed by atoms with E-state index in [2.05, 4.69) is 15.6 Å². The number of para-hydroxylation sites is 1. The average molecular weight is 469 g/mol. The van der Waals surface area contributed by atoms with Crippen molar-refractivity contribution in [3.8, 4) is 10.6 Å². The highest BCUT2D eigenvalue weighted by Gasteiger charge is 2.13. The lowest BCUT2D eigenvalue weighted by molar-refractivity contribution is -0.384. The Bertz CT molecular complexity index is 1290. The van der Waals surface area contributed by atoms with Gasteiger partial charge in [-0.05, 0) is 48.6 Å². The van der Waals surface area contributed by atoms with E-state index in [1.807, 2.05) is 36.4 Å². The van der Waals surface area contributed by atoms with E-state index in [0.717, 1.165) is 20.8 Å². The molecule has 0 radical (unpaired) electrons. The third kappa shape index (κ3) is 4.69. The zero-order chi connectivity index (χ0) is 22.0. The summed E-state index contributed by atoms with van der Waals surface area (Å²) >= 11 is 13.1. The second-order valence-electron chi connectivity index (χ2n) is 6.39. The van der Waals surface area contributed by atoms with Crippen molar-refractivity contribution < 1.29 is 9.72 Å². The Balaban J connectivity index is 1.49. The summed E-state index contributed by atoms with van der Waals surface area (Å²) in [5, 5.41) is 17.5. The molecule has 2 N–H and O–H groups in total. The van der Waals surface area contributed by atoms with E-state index in [1.165, 1.54) is 24.3 Å². The SMILES string of the molecule is O=C(NC(=S)Nc1cc(-c2nc3ccccc3s2)ccc1Cl)c1ccc([N+](=O)[O-])cc1. The fourth-order valence-electron chi connectivity index (χ4n) is 2.81. The minimum Gasteiger partial charge on any atom is -0.331 e. The maximum Gasteiger partial charge on any atom is 0.269 e. The van der Waals surface area contributed by atoms with Crippen LogP contribution in [0.2, 0.25) is 5.02 Å². The molecule has 1 heterocycles. The van der Waals surface area contributed by atoms with Gasteiger partial charge >= 0.3 is 0 Å². The molecule has 0 unspecified atom stereocenters. The van der Waals surface area contributed by atoms with Crippen LogP contribution in [0.3, 0.4) is 0 Å². The second-order valence-corrected chi connectivity index (χ2v) is 8.24. The van der Waals surface area contributed by atoms with Crippen molar-refractivity contribution in [3.05, 3.63) is 87.4 Å². The number of nitrogens with one attached hydrogen (secondary N) is 2. The van der Waals surface area contributed by atoms with Crippen molar-refractivity contribution in [1.82, 2.24) is 10.3 Å². The van der Waals surface area contributed by atoms with Crippen LogP contribution in [-0.4, -0.2) is 20.9 Å². The Kier molecular flexibility index (Phi) is 5.90. The van der Waals surface area contributed by atoms with Gasteiger partial charge in [0.2, 0.25) is 0 Å². The molecule has 0 saturated carbocycles. The van der Waals surface area contributed by atoms with Gasteiger partial charge in [-0.2, -0.15) is 0 Å². The molecule has 4 aromatic rings. The highest BCUT2D eigenvalue weighted by atomic mass is 35.5. The number of nitrogens with zero attached hydrogens (tertiary/aromatic N) is 2. The maximum atomic E-state index is 12.3. The lowest BCUT2D eigenvalue weighted by atomic mass is 10.2. The minimum absolute atomic E-state index is 0.0479. The Morgan fingerprint density at radius 3 is 2.55 bits per heavy atom. The van der Waals surface area contributed by atoms with Crippen molar-refractivity contribution in [2.45, 2.75) is 0 Å². The van der Waals surface area contributed by atoms with E-state index in [1.54, 1.807) is 17.4 Å². The number of benzene rings is 3. The van der Waals surface area contributed by atoms with E-state index in [4.69, 9.17) is 23.8 Å². The summed E-state index contributed by atoms with van der Waals surface area (Å²) in [5.41, 5.74) is 2.43. The van der Waals surface area contributed by atoms with Crippen molar-refractivity contribution in [3.63, 3.8) is 0 Å². The highest BCUT2D eigenvalue weighted by molar-refractivity contribution is 7.80. The Morgan fingerprint density at radius 1 is 1.10 bits per heavy atom. The highest BCUT2D eigenvalue weighted by Crippen LogP contribution is 2.33. The topological polar surface area (TPSA) is 97.2 Å². The molecule has 1 aromatic heterocycles. The molecule has 0 atom stereocenters. The van der Waals surface area contributed by atoms with Crippen LogP contribution in [0.1, 0.15) is 10.4 Å². The monoisotopic (exact) mass is 468 g/mol. The van der Waals surface area contributed by atoms with Crippen LogP contribution >= 0.6 is 35.2 Å². The number of non-ortho nitro benzene ring substituents is 1. The van der Waals surface area contributed by atoms with E-state index in [9.17, 15) is 14.9 Å². The summed E-state index contributed by atoms with van der Waals surface area (Å²) < 4.78 is 1.08. The second kappa shape index (κ2) is 8.76. The molecule has 0 aliphatic heterocycles. The summed E-state index contributed by atoms with van der Waals surface area (Å²) in [6.07, 6.45) is 0. The summed E-state index contributed by atoms with van der Waals surface area (Å²) in [5.74, 6) is -0.495. The molecule has 0 bridgehead atoms. The fraction of sp³-hybridized carbons (Fsp3) is 0. The van der Waals surface area contributed by atoms with Crippen molar-refractivity contribution in [1.29, 1.82) is 0 Å². The van der Waals surface area contributed by atoms with Gasteiger partial charge in [-0.3, -0.25) is 20.2 Å². The number of nitro groups is 1. The molecule has 7 nitrogen and oxygen atoms in total. The summed E-state index contributed by atoms with van der Waals surface area (Å²) in [6, 6.07) is 18.5. The summed E-state index contributed by atoms with van der Waals surface area (Å²) in [6.45, 7) is 0. The molecule has 154 valence electrons. The fourth-order valence-corrected chi connectivity index (χ4v) is 4.14. The molecular weight excluding hydrogens is 456 g/mol. The van der Waals surface area contributed by atoms with Gasteiger partial charge in [-0.25, -0.2) is 4.98 Å². The summed E-state index contributed by atoms with van der Waals surface area (Å²) in [4.78, 5) is 27.2. The third-order valence-electron chi connectivity index (χ3n) is 4.32. The molecule has 4 rings (SSSR count). The average Bonchev–Trinajstić information content (AvgIpc) is 3.19. The van der Waals surface area contributed by atoms with Crippen molar-refractivity contribution >= 4 is 67.8 Å². The molecular formula is C21H13ClN4O3S2. The Hall–Kier alpha value is -3.40. The van der Waals surface area contributed by atoms with Gasteiger partial charge in [0.05, 0.1) is 25.8 Å². The van der Waals surface area contributed by atoms with E-state index >= 15 is 0 Å². The number of thiocarbonyl (C=S) groups is 1. The van der Waals surface area contributed by atoms with E-state index in [-0.39, 0.29) is 16.4 Å². The van der Waals surface area contributed by atoms with Crippen LogP contribution < -0.4 is 10.6 Å². The quantitative estimate of drug-likeness (QED) is 0.228. The molecule has 0 saturated heterocycles. The number of carbonyl (C=O) groups is 1. The number of halogens is 1. The molecule has 0 fully saturated rings. The number of carbonyl (C=O) groups excluding carboxylic acids is 1. The van der Waals surface area contributed by atoms with Gasteiger partial charge < -0.3 is 5.32 Å². The Morgan fingerprint density at radius 2 is 1.84 bits per heavy atom. The van der Waals surface area contributed by atoms with Gasteiger partial charge in [0.25, 0.3) is 11.6 Å². The first-order valence-corrected chi connectivity index (χ1v) is 10.5. The first-order valence-electron chi connectivity index (χ1n) is 8.93. The van der Waals surface area contributed by atoms with Gasteiger partial charge in [-0.1, -0.05) is 29.8 Å².